The van der Waals surface area contributed by atoms with E-state index in [1.165, 1.54) is 31.4 Å². The molecule has 0 spiro atoms. The maximum atomic E-state index is 3.61. The van der Waals surface area contributed by atoms with Gasteiger partial charge < -0.3 is 5.32 Å². The molecule has 0 radical (unpaired) electrons. The fraction of sp³-hybridized carbons (Fsp3) is 0.538. The monoisotopic (exact) mass is 225 g/mol. The minimum absolute atomic E-state index is 0. The molecule has 1 aromatic carbocycles. The van der Waals surface area contributed by atoms with Gasteiger partial charge in [0.1, 0.15) is 0 Å². The van der Waals surface area contributed by atoms with Crippen LogP contribution in [0.3, 0.4) is 0 Å². The average Bonchev–Trinajstić information content (AvgIpc) is 2.74. The zero-order chi connectivity index (χ0) is 9.80. The van der Waals surface area contributed by atoms with Crippen molar-refractivity contribution >= 4 is 12.4 Å². The summed E-state index contributed by atoms with van der Waals surface area (Å²) in [6.45, 7) is 3.49. The van der Waals surface area contributed by atoms with Crippen molar-refractivity contribution in [1.82, 2.24) is 5.32 Å². The normalized spacial score (nSPS) is 22.1. The molecule has 0 saturated carbocycles. The molecule has 2 unspecified atom stereocenters. The Hall–Kier alpha value is -0.530. The highest BCUT2D eigenvalue weighted by atomic mass is 35.5. The summed E-state index contributed by atoms with van der Waals surface area (Å²) in [4.78, 5) is 0. The maximum absolute atomic E-state index is 3.61. The van der Waals surface area contributed by atoms with Crippen LogP contribution in [0.4, 0.5) is 0 Å². The molecule has 0 bridgehead atoms. The topological polar surface area (TPSA) is 12.0 Å². The average molecular weight is 226 g/mol. The molecular formula is C13H20ClN. The van der Waals surface area contributed by atoms with Gasteiger partial charge in [0.05, 0.1) is 0 Å². The van der Waals surface area contributed by atoms with Crippen LogP contribution in [0.15, 0.2) is 30.3 Å². The minimum atomic E-state index is 0. The van der Waals surface area contributed by atoms with Crippen molar-refractivity contribution in [1.29, 1.82) is 0 Å². The van der Waals surface area contributed by atoms with E-state index in [4.69, 9.17) is 0 Å². The molecular weight excluding hydrogens is 206 g/mol. The van der Waals surface area contributed by atoms with E-state index < -0.39 is 0 Å². The van der Waals surface area contributed by atoms with Crippen molar-refractivity contribution in [2.45, 2.75) is 38.1 Å². The third kappa shape index (κ3) is 2.96. The largest absolute Gasteiger partial charge is 0.313 e. The van der Waals surface area contributed by atoms with Crippen LogP contribution >= 0.6 is 12.4 Å². The highest BCUT2D eigenvalue weighted by Crippen LogP contribution is 2.27. The van der Waals surface area contributed by atoms with E-state index in [9.17, 15) is 0 Å². The lowest BCUT2D eigenvalue weighted by Gasteiger charge is -2.22. The summed E-state index contributed by atoms with van der Waals surface area (Å²) < 4.78 is 0. The lowest BCUT2D eigenvalue weighted by molar-refractivity contribution is 0.477. The lowest BCUT2D eigenvalue weighted by atomic mass is 9.88. The highest BCUT2D eigenvalue weighted by molar-refractivity contribution is 5.85. The summed E-state index contributed by atoms with van der Waals surface area (Å²) in [5, 5.41) is 3.61. The van der Waals surface area contributed by atoms with Gasteiger partial charge in [-0.2, -0.15) is 0 Å². The Kier molecular flexibility index (Phi) is 5.13. The molecule has 1 aliphatic heterocycles. The Labute approximate surface area is 98.7 Å². The number of hydrogen-bond donors (Lipinski definition) is 1. The molecule has 2 atom stereocenters. The third-order valence-electron chi connectivity index (χ3n) is 3.25. The van der Waals surface area contributed by atoms with Crippen molar-refractivity contribution < 1.29 is 0 Å². The zero-order valence-corrected chi connectivity index (χ0v) is 10.1. The Morgan fingerprint density at radius 3 is 2.60 bits per heavy atom. The first-order valence-corrected chi connectivity index (χ1v) is 5.70. The third-order valence-corrected chi connectivity index (χ3v) is 3.25. The van der Waals surface area contributed by atoms with E-state index in [-0.39, 0.29) is 12.4 Å². The van der Waals surface area contributed by atoms with Crippen LogP contribution in [0, 0.1) is 0 Å². The Morgan fingerprint density at radius 1 is 1.33 bits per heavy atom. The van der Waals surface area contributed by atoms with Crippen molar-refractivity contribution in [2.75, 3.05) is 6.54 Å². The summed E-state index contributed by atoms with van der Waals surface area (Å²) >= 11 is 0. The minimum Gasteiger partial charge on any atom is -0.313 e. The maximum Gasteiger partial charge on any atom is 0.0136 e. The number of hydrogen-bond acceptors (Lipinski definition) is 1. The molecule has 2 heteroatoms. The summed E-state index contributed by atoms with van der Waals surface area (Å²) in [6.07, 6.45) is 3.92. The number of nitrogens with one attached hydrogen (secondary N) is 1. The molecule has 84 valence electrons. The van der Waals surface area contributed by atoms with E-state index in [0.717, 1.165) is 0 Å². The van der Waals surface area contributed by atoms with Gasteiger partial charge >= 0.3 is 0 Å². The fourth-order valence-corrected chi connectivity index (χ4v) is 2.51. The molecule has 1 saturated heterocycles. The van der Waals surface area contributed by atoms with Crippen LogP contribution in [-0.4, -0.2) is 12.6 Å². The van der Waals surface area contributed by atoms with E-state index in [2.05, 4.69) is 42.6 Å². The van der Waals surface area contributed by atoms with E-state index in [1.54, 1.807) is 0 Å². The smallest absolute Gasteiger partial charge is 0.0136 e. The molecule has 1 nitrogen and oxygen atoms in total. The summed E-state index contributed by atoms with van der Waals surface area (Å²) in [5.41, 5.74) is 1.49. The van der Waals surface area contributed by atoms with Gasteiger partial charge in [-0.1, -0.05) is 37.3 Å². The quantitative estimate of drug-likeness (QED) is 0.832. The second-order valence-corrected chi connectivity index (χ2v) is 4.13. The molecule has 1 aliphatic rings. The van der Waals surface area contributed by atoms with Gasteiger partial charge in [-0.25, -0.2) is 0 Å². The zero-order valence-electron chi connectivity index (χ0n) is 9.28. The van der Waals surface area contributed by atoms with Gasteiger partial charge in [0.2, 0.25) is 0 Å². The first-order chi connectivity index (χ1) is 6.92. The standard InChI is InChI=1S/C13H19N.ClH/c1-2-12(13-9-6-10-14-13)11-7-4-3-5-8-11;/h3-5,7-8,12-14H,2,6,9-10H2,1H3;1H. The van der Waals surface area contributed by atoms with Crippen LogP contribution in [0.5, 0.6) is 0 Å². The van der Waals surface area contributed by atoms with Gasteiger partial charge in [-0.15, -0.1) is 12.4 Å². The van der Waals surface area contributed by atoms with E-state index in [1.807, 2.05) is 0 Å². The van der Waals surface area contributed by atoms with Crippen LogP contribution in [0.25, 0.3) is 0 Å². The van der Waals surface area contributed by atoms with Gasteiger partial charge in [-0.05, 0) is 37.3 Å². The van der Waals surface area contributed by atoms with Gasteiger partial charge in [0, 0.05) is 6.04 Å². The Morgan fingerprint density at radius 2 is 2.07 bits per heavy atom. The highest BCUT2D eigenvalue weighted by Gasteiger charge is 2.23. The summed E-state index contributed by atoms with van der Waals surface area (Å²) in [6, 6.07) is 11.6. The number of rotatable bonds is 3. The summed E-state index contributed by atoms with van der Waals surface area (Å²) in [5.74, 6) is 0.707. The molecule has 0 amide bonds. The SMILES string of the molecule is CCC(c1ccccc1)C1CCCN1.Cl. The van der Waals surface area contributed by atoms with Gasteiger partial charge in [-0.3, -0.25) is 0 Å². The van der Waals surface area contributed by atoms with Crippen molar-refractivity contribution in [2.24, 2.45) is 0 Å². The summed E-state index contributed by atoms with van der Waals surface area (Å²) in [7, 11) is 0. The van der Waals surface area contributed by atoms with Gasteiger partial charge in [0.25, 0.3) is 0 Å². The van der Waals surface area contributed by atoms with E-state index in [0.29, 0.717) is 12.0 Å². The molecule has 15 heavy (non-hydrogen) atoms. The molecule has 0 aromatic heterocycles. The van der Waals surface area contributed by atoms with Crippen LogP contribution < -0.4 is 5.32 Å². The fourth-order valence-electron chi connectivity index (χ4n) is 2.51. The predicted molar refractivity (Wildman–Crippen MR) is 67.7 cm³/mol. The van der Waals surface area contributed by atoms with Crippen LogP contribution in [0.1, 0.15) is 37.7 Å². The molecule has 2 rings (SSSR count). The van der Waals surface area contributed by atoms with Gasteiger partial charge in [0.15, 0.2) is 0 Å². The molecule has 1 aromatic rings. The van der Waals surface area contributed by atoms with E-state index >= 15 is 0 Å². The van der Waals surface area contributed by atoms with Crippen molar-refractivity contribution in [3.63, 3.8) is 0 Å². The number of benzene rings is 1. The van der Waals surface area contributed by atoms with Crippen molar-refractivity contribution in [3.8, 4) is 0 Å². The predicted octanol–water partition coefficient (Wildman–Crippen LogP) is 3.35. The number of halogens is 1. The van der Waals surface area contributed by atoms with Crippen molar-refractivity contribution in [3.05, 3.63) is 35.9 Å². The second-order valence-electron chi connectivity index (χ2n) is 4.13. The van der Waals surface area contributed by atoms with Crippen LogP contribution in [0.2, 0.25) is 0 Å². The first kappa shape index (κ1) is 12.5. The Bertz CT molecular complexity index is 267. The molecule has 1 N–H and O–H groups in total. The lowest BCUT2D eigenvalue weighted by Crippen LogP contribution is -2.28. The first-order valence-electron chi connectivity index (χ1n) is 5.70. The second kappa shape index (κ2) is 6.14. The van der Waals surface area contributed by atoms with Crippen LogP contribution in [-0.2, 0) is 0 Å². The molecule has 0 aliphatic carbocycles. The Balaban J connectivity index is 0.00000112. The molecule has 1 fully saturated rings. The molecule has 1 heterocycles.